The number of benzene rings is 1. The van der Waals surface area contributed by atoms with Gasteiger partial charge in [-0.05, 0) is 36.1 Å². The Morgan fingerprint density at radius 1 is 1.25 bits per heavy atom. The zero-order valence-corrected chi connectivity index (χ0v) is 12.9. The molecule has 0 fully saturated rings. The maximum Gasteiger partial charge on any atom is 0.241 e. The lowest BCUT2D eigenvalue weighted by Gasteiger charge is -2.25. The third kappa shape index (κ3) is 4.29. The van der Waals surface area contributed by atoms with Crippen LogP contribution in [-0.4, -0.2) is 20.4 Å². The molecule has 1 amide bonds. The molecule has 0 saturated carbocycles. The van der Waals surface area contributed by atoms with E-state index in [0.29, 0.717) is 11.3 Å². The lowest BCUT2D eigenvalue weighted by atomic mass is 9.87. The minimum atomic E-state index is -3.81. The van der Waals surface area contributed by atoms with Crippen molar-refractivity contribution in [2.24, 2.45) is 16.3 Å². The molecule has 0 heterocycles. The topological polar surface area (TPSA) is 115 Å². The Morgan fingerprint density at radius 3 is 2.25 bits per heavy atom. The average molecular weight is 299 g/mol. The first-order valence-electron chi connectivity index (χ1n) is 6.12. The van der Waals surface area contributed by atoms with Gasteiger partial charge in [0.15, 0.2) is 0 Å². The molecule has 0 spiro atoms. The summed E-state index contributed by atoms with van der Waals surface area (Å²) in [6.45, 7) is 7.27. The summed E-state index contributed by atoms with van der Waals surface area (Å²) in [7, 11) is -3.81. The van der Waals surface area contributed by atoms with Crippen LogP contribution in [0.3, 0.4) is 0 Å². The summed E-state index contributed by atoms with van der Waals surface area (Å²) in [4.78, 5) is 12.0. The lowest BCUT2D eigenvalue weighted by Crippen LogP contribution is -2.45. The van der Waals surface area contributed by atoms with Crippen molar-refractivity contribution in [1.29, 1.82) is 0 Å². The number of amides is 1. The van der Waals surface area contributed by atoms with Gasteiger partial charge in [0.25, 0.3) is 0 Å². The van der Waals surface area contributed by atoms with Crippen molar-refractivity contribution in [1.82, 2.24) is 0 Å². The Hall–Kier alpha value is -1.44. The summed E-state index contributed by atoms with van der Waals surface area (Å²) in [5, 5.41) is 7.71. The molecule has 0 unspecified atom stereocenters. The normalized spacial score (nSPS) is 13.9. The highest BCUT2D eigenvalue weighted by atomic mass is 32.2. The Balaban J connectivity index is 3.05. The number of rotatable bonds is 3. The number of carbonyl (C=O) groups excluding carboxylic acids is 1. The molecular formula is C13H21N3O3S. The molecule has 1 rings (SSSR count). The molecule has 1 aromatic rings. The highest BCUT2D eigenvalue weighted by Crippen LogP contribution is 2.21. The van der Waals surface area contributed by atoms with Crippen LogP contribution in [0.4, 0.5) is 5.69 Å². The minimum absolute atomic E-state index is 0.0443. The number of carbonyl (C=O) groups is 1. The summed E-state index contributed by atoms with van der Waals surface area (Å²) in [5.74, 6) is -0.372. The Labute approximate surface area is 119 Å². The first kappa shape index (κ1) is 16.6. The maximum absolute atomic E-state index is 12.0. The van der Waals surface area contributed by atoms with Crippen molar-refractivity contribution < 1.29 is 13.2 Å². The number of sulfonamides is 1. The van der Waals surface area contributed by atoms with E-state index in [9.17, 15) is 13.2 Å². The fraction of sp³-hybridized carbons (Fsp3) is 0.462. The van der Waals surface area contributed by atoms with Gasteiger partial charge >= 0.3 is 0 Å². The molecular weight excluding hydrogens is 278 g/mol. The molecule has 1 atom stereocenters. The van der Waals surface area contributed by atoms with Crippen LogP contribution >= 0.6 is 0 Å². The number of nitrogens with one attached hydrogen (secondary N) is 1. The lowest BCUT2D eigenvalue weighted by molar-refractivity contribution is -0.119. The molecule has 112 valence electrons. The Bertz CT molecular complexity index is 618. The summed E-state index contributed by atoms with van der Waals surface area (Å²) in [5.41, 5.74) is 6.49. The summed E-state index contributed by atoms with van der Waals surface area (Å²) in [6.07, 6.45) is 0. The number of aryl methyl sites for hydroxylation is 1. The molecule has 7 heteroatoms. The third-order valence-corrected chi connectivity index (χ3v) is 3.76. The minimum Gasteiger partial charge on any atom is -0.325 e. The van der Waals surface area contributed by atoms with Gasteiger partial charge in [0, 0.05) is 5.69 Å². The standard InChI is InChI=1S/C13H21N3O3S/c1-8-5-9(7-10(6-8)20(15,18)19)16-12(17)11(14)13(2,3)4/h5-7,11H,14H2,1-4H3,(H,16,17)(H2,15,18,19)/t11-/m1/s1. The van der Waals surface area contributed by atoms with E-state index in [1.54, 1.807) is 13.0 Å². The van der Waals surface area contributed by atoms with Gasteiger partial charge in [0.05, 0.1) is 10.9 Å². The van der Waals surface area contributed by atoms with E-state index in [1.165, 1.54) is 12.1 Å². The van der Waals surface area contributed by atoms with Crippen molar-refractivity contribution >= 4 is 21.6 Å². The van der Waals surface area contributed by atoms with Crippen LogP contribution < -0.4 is 16.2 Å². The average Bonchev–Trinajstić information content (AvgIpc) is 2.24. The zero-order valence-electron chi connectivity index (χ0n) is 12.1. The van der Waals surface area contributed by atoms with E-state index in [4.69, 9.17) is 10.9 Å². The van der Waals surface area contributed by atoms with Crippen LogP contribution in [0.25, 0.3) is 0 Å². The van der Waals surface area contributed by atoms with E-state index >= 15 is 0 Å². The molecule has 20 heavy (non-hydrogen) atoms. The number of anilines is 1. The highest BCUT2D eigenvalue weighted by molar-refractivity contribution is 7.89. The van der Waals surface area contributed by atoms with Gasteiger partial charge in [-0.2, -0.15) is 0 Å². The van der Waals surface area contributed by atoms with Crippen LogP contribution in [-0.2, 0) is 14.8 Å². The molecule has 1 aromatic carbocycles. The van der Waals surface area contributed by atoms with Gasteiger partial charge in [0.2, 0.25) is 15.9 Å². The fourth-order valence-electron chi connectivity index (χ4n) is 1.60. The van der Waals surface area contributed by atoms with Crippen LogP contribution in [0.5, 0.6) is 0 Å². The van der Waals surface area contributed by atoms with Crippen LogP contribution in [0.1, 0.15) is 26.3 Å². The molecule has 0 aliphatic carbocycles. The van der Waals surface area contributed by atoms with E-state index in [1.807, 2.05) is 20.8 Å². The summed E-state index contributed by atoms with van der Waals surface area (Å²) in [6, 6.07) is 3.70. The second kappa shape index (κ2) is 5.51. The molecule has 0 saturated heterocycles. The van der Waals surface area contributed by atoms with Gasteiger partial charge < -0.3 is 11.1 Å². The maximum atomic E-state index is 12.0. The second-order valence-electron chi connectivity index (χ2n) is 5.91. The van der Waals surface area contributed by atoms with Gasteiger partial charge in [-0.1, -0.05) is 20.8 Å². The second-order valence-corrected chi connectivity index (χ2v) is 7.47. The van der Waals surface area contributed by atoms with Crippen LogP contribution in [0.15, 0.2) is 23.1 Å². The predicted molar refractivity (Wildman–Crippen MR) is 78.6 cm³/mol. The van der Waals surface area contributed by atoms with Crippen molar-refractivity contribution in [3.63, 3.8) is 0 Å². The Kier molecular flexibility index (Phi) is 4.58. The monoisotopic (exact) mass is 299 g/mol. The SMILES string of the molecule is Cc1cc(NC(=O)[C@@H](N)C(C)(C)C)cc(S(N)(=O)=O)c1. The van der Waals surface area contributed by atoms with Crippen molar-refractivity contribution in [2.75, 3.05) is 5.32 Å². The molecule has 5 N–H and O–H groups in total. The van der Waals surface area contributed by atoms with Crippen molar-refractivity contribution in [2.45, 2.75) is 38.6 Å². The third-order valence-electron chi connectivity index (χ3n) is 2.86. The number of nitrogens with two attached hydrogens (primary N) is 2. The first-order chi connectivity index (χ1) is 8.91. The van der Waals surface area contributed by atoms with E-state index in [0.717, 1.165) is 0 Å². The largest absolute Gasteiger partial charge is 0.325 e. The molecule has 0 aliphatic rings. The number of hydrogen-bond donors (Lipinski definition) is 3. The van der Waals surface area contributed by atoms with E-state index in [-0.39, 0.29) is 10.8 Å². The molecule has 0 aliphatic heterocycles. The highest BCUT2D eigenvalue weighted by Gasteiger charge is 2.27. The molecule has 6 nitrogen and oxygen atoms in total. The van der Waals surface area contributed by atoms with Crippen molar-refractivity contribution in [3.8, 4) is 0 Å². The van der Waals surface area contributed by atoms with Gasteiger partial charge in [-0.3, -0.25) is 4.79 Å². The van der Waals surface area contributed by atoms with Gasteiger partial charge in [-0.15, -0.1) is 0 Å². The quantitative estimate of drug-likeness (QED) is 0.770. The fourth-order valence-corrected chi connectivity index (χ4v) is 2.24. The van der Waals surface area contributed by atoms with Crippen LogP contribution in [0, 0.1) is 12.3 Å². The number of hydrogen-bond acceptors (Lipinski definition) is 4. The predicted octanol–water partition coefficient (Wildman–Crippen LogP) is 0.954. The number of primary sulfonamides is 1. The first-order valence-corrected chi connectivity index (χ1v) is 7.67. The Morgan fingerprint density at radius 2 is 1.80 bits per heavy atom. The molecule has 0 bridgehead atoms. The molecule has 0 aromatic heterocycles. The smallest absolute Gasteiger partial charge is 0.241 e. The summed E-state index contributed by atoms with van der Waals surface area (Å²) >= 11 is 0. The van der Waals surface area contributed by atoms with Crippen molar-refractivity contribution in [3.05, 3.63) is 23.8 Å². The van der Waals surface area contributed by atoms with Gasteiger partial charge in [-0.25, -0.2) is 13.6 Å². The zero-order chi connectivity index (χ0) is 15.7. The van der Waals surface area contributed by atoms with Gasteiger partial charge in [0.1, 0.15) is 0 Å². The van der Waals surface area contributed by atoms with Crippen LogP contribution in [0.2, 0.25) is 0 Å². The molecule has 0 radical (unpaired) electrons. The summed E-state index contributed by atoms with van der Waals surface area (Å²) < 4.78 is 22.7. The van der Waals surface area contributed by atoms with E-state index in [2.05, 4.69) is 5.32 Å². The van der Waals surface area contributed by atoms with E-state index < -0.39 is 21.5 Å².